The molecule has 2 heterocycles. The Morgan fingerprint density at radius 2 is 1.76 bits per heavy atom. The van der Waals surface area contributed by atoms with E-state index in [4.69, 9.17) is 9.26 Å². The SMILES string of the molecule is COC(=O)c1ccc2c(-c3cc(-c4ccc(C(=O)N(C)C)cc4)no3)n[nH]c2c1. The molecule has 0 bridgehead atoms. The fourth-order valence-electron chi connectivity index (χ4n) is 3.02. The third-order valence-electron chi connectivity index (χ3n) is 4.56. The van der Waals surface area contributed by atoms with Crippen molar-refractivity contribution >= 4 is 22.8 Å². The highest BCUT2D eigenvalue weighted by atomic mass is 16.5. The number of fused-ring (bicyclic) bond motifs is 1. The van der Waals surface area contributed by atoms with E-state index in [0.717, 1.165) is 10.9 Å². The van der Waals surface area contributed by atoms with Crippen LogP contribution in [-0.4, -0.2) is 53.3 Å². The molecule has 0 unspecified atom stereocenters. The average molecular weight is 390 g/mol. The summed E-state index contributed by atoms with van der Waals surface area (Å²) < 4.78 is 10.2. The lowest BCUT2D eigenvalue weighted by Crippen LogP contribution is -2.21. The van der Waals surface area contributed by atoms with Crippen molar-refractivity contribution in [3.63, 3.8) is 0 Å². The van der Waals surface area contributed by atoms with E-state index in [0.29, 0.717) is 33.8 Å². The molecule has 8 nitrogen and oxygen atoms in total. The van der Waals surface area contributed by atoms with Gasteiger partial charge in [-0.25, -0.2) is 4.79 Å². The van der Waals surface area contributed by atoms with E-state index in [1.54, 1.807) is 50.5 Å². The summed E-state index contributed by atoms with van der Waals surface area (Å²) in [6, 6.07) is 14.1. The first-order valence-corrected chi connectivity index (χ1v) is 8.83. The summed E-state index contributed by atoms with van der Waals surface area (Å²) in [5.74, 6) is 0.0124. The van der Waals surface area contributed by atoms with Gasteiger partial charge in [0.25, 0.3) is 5.91 Å². The Morgan fingerprint density at radius 1 is 1.03 bits per heavy atom. The minimum atomic E-state index is -0.416. The predicted octanol–water partition coefficient (Wildman–Crippen LogP) is 3.37. The second kappa shape index (κ2) is 7.23. The number of hydrogen-bond donors (Lipinski definition) is 1. The molecule has 0 radical (unpaired) electrons. The largest absolute Gasteiger partial charge is 0.465 e. The third-order valence-corrected chi connectivity index (χ3v) is 4.56. The van der Waals surface area contributed by atoms with Crippen molar-refractivity contribution in [1.82, 2.24) is 20.3 Å². The van der Waals surface area contributed by atoms with E-state index >= 15 is 0 Å². The first-order valence-electron chi connectivity index (χ1n) is 8.83. The Morgan fingerprint density at radius 3 is 2.45 bits per heavy atom. The molecule has 4 aromatic rings. The van der Waals surface area contributed by atoms with Crippen LogP contribution in [-0.2, 0) is 4.74 Å². The van der Waals surface area contributed by atoms with Crippen LogP contribution in [0.4, 0.5) is 0 Å². The van der Waals surface area contributed by atoms with Crippen molar-refractivity contribution in [2.45, 2.75) is 0 Å². The summed E-state index contributed by atoms with van der Waals surface area (Å²) in [4.78, 5) is 25.2. The Balaban J connectivity index is 1.64. The number of benzene rings is 2. The van der Waals surface area contributed by atoms with Gasteiger partial charge in [0.15, 0.2) is 5.76 Å². The number of H-pyrrole nitrogens is 1. The van der Waals surface area contributed by atoms with E-state index in [1.165, 1.54) is 12.0 Å². The number of rotatable bonds is 4. The maximum Gasteiger partial charge on any atom is 0.337 e. The van der Waals surface area contributed by atoms with Crippen LogP contribution in [0, 0.1) is 0 Å². The highest BCUT2D eigenvalue weighted by Gasteiger charge is 2.17. The average Bonchev–Trinajstić information content (AvgIpc) is 3.39. The lowest BCUT2D eigenvalue weighted by molar-refractivity contribution is 0.0600. The molecule has 0 saturated carbocycles. The van der Waals surface area contributed by atoms with Crippen molar-refractivity contribution < 1.29 is 18.8 Å². The van der Waals surface area contributed by atoms with Crippen LogP contribution in [0.15, 0.2) is 53.1 Å². The molecule has 4 rings (SSSR count). The van der Waals surface area contributed by atoms with Gasteiger partial charge < -0.3 is 14.2 Å². The van der Waals surface area contributed by atoms with Crippen molar-refractivity contribution in [1.29, 1.82) is 0 Å². The number of hydrogen-bond acceptors (Lipinski definition) is 6. The summed E-state index contributed by atoms with van der Waals surface area (Å²) in [5.41, 5.74) is 3.76. The topological polar surface area (TPSA) is 101 Å². The van der Waals surface area contributed by atoms with E-state index < -0.39 is 5.97 Å². The number of carbonyl (C=O) groups excluding carboxylic acids is 2. The lowest BCUT2D eigenvalue weighted by Gasteiger charge is -2.09. The highest BCUT2D eigenvalue weighted by molar-refractivity contribution is 5.98. The number of esters is 1. The van der Waals surface area contributed by atoms with Gasteiger partial charge in [0.05, 0.1) is 18.2 Å². The number of aromatic nitrogens is 3. The molecule has 0 aliphatic heterocycles. The van der Waals surface area contributed by atoms with E-state index in [2.05, 4.69) is 15.4 Å². The standard InChI is InChI=1S/C21H18N4O4/c1-25(2)20(26)13-6-4-12(5-7-13)16-11-18(29-24-16)19-15-9-8-14(21(27)28-3)10-17(15)22-23-19/h4-11H,1-3H3,(H,22,23). The van der Waals surface area contributed by atoms with E-state index in [-0.39, 0.29) is 5.91 Å². The van der Waals surface area contributed by atoms with Gasteiger partial charge >= 0.3 is 5.97 Å². The summed E-state index contributed by atoms with van der Waals surface area (Å²) >= 11 is 0. The monoisotopic (exact) mass is 390 g/mol. The Kier molecular flexibility index (Phi) is 4.59. The van der Waals surface area contributed by atoms with Gasteiger partial charge in [0.1, 0.15) is 11.4 Å². The Hall–Kier alpha value is -3.94. The van der Waals surface area contributed by atoms with Crippen LogP contribution in [0.5, 0.6) is 0 Å². The molecule has 0 spiro atoms. The van der Waals surface area contributed by atoms with E-state index in [1.807, 2.05) is 12.1 Å². The maximum absolute atomic E-state index is 12.0. The van der Waals surface area contributed by atoms with Crippen LogP contribution in [0.1, 0.15) is 20.7 Å². The van der Waals surface area contributed by atoms with Gasteiger partial charge in [0, 0.05) is 36.7 Å². The Labute approximate surface area is 166 Å². The number of amides is 1. The number of nitrogens with one attached hydrogen (secondary N) is 1. The number of carbonyl (C=O) groups is 2. The zero-order valence-electron chi connectivity index (χ0n) is 16.1. The van der Waals surface area contributed by atoms with Crippen molar-refractivity contribution in [3.05, 3.63) is 59.7 Å². The second-order valence-electron chi connectivity index (χ2n) is 6.68. The van der Waals surface area contributed by atoms with Gasteiger partial charge in [-0.05, 0) is 30.3 Å². The van der Waals surface area contributed by atoms with Crippen molar-refractivity contribution in [3.8, 4) is 22.7 Å². The first kappa shape index (κ1) is 18.4. The second-order valence-corrected chi connectivity index (χ2v) is 6.68. The molecule has 146 valence electrons. The molecule has 0 atom stereocenters. The van der Waals surface area contributed by atoms with Crippen LogP contribution < -0.4 is 0 Å². The number of methoxy groups -OCH3 is 1. The van der Waals surface area contributed by atoms with Crippen LogP contribution in [0.2, 0.25) is 0 Å². The number of ether oxygens (including phenoxy) is 1. The molecular formula is C21H18N4O4. The smallest absolute Gasteiger partial charge is 0.337 e. The first-order chi connectivity index (χ1) is 14.0. The zero-order chi connectivity index (χ0) is 20.5. The molecule has 8 heteroatoms. The quantitative estimate of drug-likeness (QED) is 0.536. The van der Waals surface area contributed by atoms with Gasteiger partial charge in [-0.15, -0.1) is 0 Å². The highest BCUT2D eigenvalue weighted by Crippen LogP contribution is 2.30. The summed E-state index contributed by atoms with van der Waals surface area (Å²) in [6.07, 6.45) is 0. The summed E-state index contributed by atoms with van der Waals surface area (Å²) in [7, 11) is 4.76. The molecule has 29 heavy (non-hydrogen) atoms. The van der Waals surface area contributed by atoms with Crippen LogP contribution in [0.3, 0.4) is 0 Å². The minimum Gasteiger partial charge on any atom is -0.465 e. The fraction of sp³-hybridized carbons (Fsp3) is 0.143. The summed E-state index contributed by atoms with van der Waals surface area (Å²) in [5, 5.41) is 12.1. The van der Waals surface area contributed by atoms with E-state index in [9.17, 15) is 9.59 Å². The van der Waals surface area contributed by atoms with Crippen molar-refractivity contribution in [2.75, 3.05) is 21.2 Å². The Bertz CT molecular complexity index is 1210. The minimum absolute atomic E-state index is 0.0632. The molecule has 0 fully saturated rings. The molecule has 1 amide bonds. The lowest BCUT2D eigenvalue weighted by atomic mass is 10.1. The summed E-state index contributed by atoms with van der Waals surface area (Å²) in [6.45, 7) is 0. The maximum atomic E-state index is 12.0. The fourth-order valence-corrected chi connectivity index (χ4v) is 3.02. The van der Waals surface area contributed by atoms with Gasteiger partial charge in [0.2, 0.25) is 0 Å². The number of aromatic amines is 1. The van der Waals surface area contributed by atoms with Crippen LogP contribution in [0.25, 0.3) is 33.6 Å². The van der Waals surface area contributed by atoms with Gasteiger partial charge in [-0.1, -0.05) is 17.3 Å². The molecule has 1 N–H and O–H groups in total. The molecule has 2 aromatic heterocycles. The normalized spacial score (nSPS) is 10.9. The zero-order valence-corrected chi connectivity index (χ0v) is 16.1. The van der Waals surface area contributed by atoms with Crippen molar-refractivity contribution in [2.24, 2.45) is 0 Å². The predicted molar refractivity (Wildman–Crippen MR) is 106 cm³/mol. The van der Waals surface area contributed by atoms with Crippen LogP contribution >= 0.6 is 0 Å². The van der Waals surface area contributed by atoms with Gasteiger partial charge in [-0.2, -0.15) is 5.10 Å². The molecule has 0 aliphatic rings. The molecule has 0 aliphatic carbocycles. The molecule has 0 saturated heterocycles. The molecular weight excluding hydrogens is 372 g/mol. The molecule has 2 aromatic carbocycles. The number of nitrogens with zero attached hydrogens (tertiary/aromatic N) is 3. The third kappa shape index (κ3) is 3.36. The van der Waals surface area contributed by atoms with Gasteiger partial charge in [-0.3, -0.25) is 9.89 Å².